The van der Waals surface area contributed by atoms with E-state index in [2.05, 4.69) is 29.7 Å². The topological polar surface area (TPSA) is 45.8 Å². The first-order valence-electron chi connectivity index (χ1n) is 6.19. The first-order chi connectivity index (χ1) is 9.67. The molecule has 0 saturated carbocycles. The molecule has 3 heteroatoms. The van der Waals surface area contributed by atoms with E-state index < -0.39 is 0 Å². The van der Waals surface area contributed by atoms with Crippen molar-refractivity contribution in [1.29, 1.82) is 0 Å². The Labute approximate surface area is 119 Å². The fourth-order valence-corrected chi connectivity index (χ4v) is 1.62. The van der Waals surface area contributed by atoms with Crippen LogP contribution in [-0.2, 0) is 0 Å². The molecule has 20 heavy (non-hydrogen) atoms. The lowest BCUT2D eigenvalue weighted by atomic mass is 10.1. The Bertz CT molecular complexity index is 613. The zero-order valence-corrected chi connectivity index (χ0v) is 11.6. The number of rotatable bonds is 7. The van der Waals surface area contributed by atoms with Crippen LogP contribution in [0.4, 0.5) is 0 Å². The highest BCUT2D eigenvalue weighted by Gasteiger charge is 2.13. The molecule has 0 amide bonds. The van der Waals surface area contributed by atoms with Gasteiger partial charge in [0.15, 0.2) is 0 Å². The third kappa shape index (κ3) is 3.65. The van der Waals surface area contributed by atoms with Gasteiger partial charge in [0.2, 0.25) is 5.78 Å². The van der Waals surface area contributed by atoms with E-state index in [0.717, 1.165) is 5.57 Å². The van der Waals surface area contributed by atoms with Crippen LogP contribution in [0.2, 0.25) is 0 Å². The van der Waals surface area contributed by atoms with Crippen molar-refractivity contribution in [2.75, 3.05) is 0 Å². The fourth-order valence-electron chi connectivity index (χ4n) is 1.62. The van der Waals surface area contributed by atoms with Crippen LogP contribution >= 0.6 is 0 Å². The van der Waals surface area contributed by atoms with E-state index in [1.54, 1.807) is 24.4 Å². The van der Waals surface area contributed by atoms with E-state index in [-0.39, 0.29) is 5.78 Å². The summed E-state index contributed by atoms with van der Waals surface area (Å²) in [5, 5.41) is 0. The summed E-state index contributed by atoms with van der Waals surface area (Å²) in [7, 11) is 0. The van der Waals surface area contributed by atoms with Crippen molar-refractivity contribution in [2.24, 2.45) is 0 Å². The molecular weight excluding hydrogens is 248 g/mol. The number of imidazole rings is 1. The van der Waals surface area contributed by atoms with Gasteiger partial charge in [0.1, 0.15) is 11.5 Å². The lowest BCUT2D eigenvalue weighted by Gasteiger charge is -1.97. The van der Waals surface area contributed by atoms with Gasteiger partial charge in [0.25, 0.3) is 0 Å². The van der Waals surface area contributed by atoms with Crippen molar-refractivity contribution in [3.8, 4) is 0 Å². The van der Waals surface area contributed by atoms with E-state index in [1.807, 2.05) is 25.2 Å². The van der Waals surface area contributed by atoms with E-state index in [1.165, 1.54) is 6.08 Å². The average Bonchev–Trinajstić information content (AvgIpc) is 2.93. The highest BCUT2D eigenvalue weighted by molar-refractivity contribution is 6.09. The summed E-state index contributed by atoms with van der Waals surface area (Å²) in [6, 6.07) is 0. The summed E-state index contributed by atoms with van der Waals surface area (Å²) in [5.41, 5.74) is 1.65. The molecule has 1 N–H and O–H groups in total. The number of aromatic amines is 1. The Morgan fingerprint density at radius 2 is 1.95 bits per heavy atom. The number of allylic oxidation sites excluding steroid dienone is 9. The largest absolute Gasteiger partial charge is 0.344 e. The molecule has 0 fully saturated rings. The standard InChI is InChI=1S/C17H18N2O/c1-5-9-13(8-4)16(20)15-12-18-17(19-15)14(10-6-2)11-7-3/h5-12H,1-2,4H2,3H3,(H,18,19)/b11-7-,13-9+,14-10+. The minimum Gasteiger partial charge on any atom is -0.344 e. The zero-order valence-electron chi connectivity index (χ0n) is 11.6. The van der Waals surface area contributed by atoms with Gasteiger partial charge in [-0.05, 0) is 6.92 Å². The maximum Gasteiger partial charge on any atom is 0.212 e. The Balaban J connectivity index is 3.14. The van der Waals surface area contributed by atoms with Crippen LogP contribution in [0.1, 0.15) is 23.2 Å². The van der Waals surface area contributed by atoms with Gasteiger partial charge in [-0.2, -0.15) is 0 Å². The van der Waals surface area contributed by atoms with Crippen LogP contribution in [0.3, 0.4) is 0 Å². The maximum atomic E-state index is 12.2. The molecule has 1 rings (SSSR count). The summed E-state index contributed by atoms with van der Waals surface area (Å²) in [6.07, 6.45) is 13.5. The molecule has 102 valence electrons. The fraction of sp³-hybridized carbons (Fsp3) is 0.0588. The Hall–Kier alpha value is -2.68. The molecule has 0 aliphatic rings. The molecule has 0 saturated heterocycles. The first-order valence-corrected chi connectivity index (χ1v) is 6.19. The monoisotopic (exact) mass is 266 g/mol. The van der Waals surface area contributed by atoms with Crippen LogP contribution in [0, 0.1) is 0 Å². The van der Waals surface area contributed by atoms with Gasteiger partial charge < -0.3 is 4.98 Å². The van der Waals surface area contributed by atoms with Crippen LogP contribution in [-0.4, -0.2) is 15.8 Å². The Morgan fingerprint density at radius 3 is 2.50 bits per heavy atom. The number of ketones is 1. The van der Waals surface area contributed by atoms with Gasteiger partial charge >= 0.3 is 0 Å². The molecule has 0 atom stereocenters. The van der Waals surface area contributed by atoms with Crippen LogP contribution < -0.4 is 0 Å². The number of H-pyrrole nitrogens is 1. The second-order valence-corrected chi connectivity index (χ2v) is 3.88. The predicted octanol–water partition coefficient (Wildman–Crippen LogP) is 4.04. The number of aromatic nitrogens is 2. The second-order valence-electron chi connectivity index (χ2n) is 3.88. The number of carbonyl (C=O) groups is 1. The molecule has 0 aliphatic carbocycles. The van der Waals surface area contributed by atoms with Crippen molar-refractivity contribution in [3.63, 3.8) is 0 Å². The normalized spacial score (nSPS) is 12.4. The molecule has 0 bridgehead atoms. The van der Waals surface area contributed by atoms with Gasteiger partial charge in [-0.1, -0.05) is 62.3 Å². The van der Waals surface area contributed by atoms with Crippen LogP contribution in [0.5, 0.6) is 0 Å². The van der Waals surface area contributed by atoms with Crippen molar-refractivity contribution < 1.29 is 4.79 Å². The maximum absolute atomic E-state index is 12.2. The van der Waals surface area contributed by atoms with E-state index in [4.69, 9.17) is 0 Å². The smallest absolute Gasteiger partial charge is 0.212 e. The lowest BCUT2D eigenvalue weighted by molar-refractivity contribution is 0.103. The first kappa shape index (κ1) is 15.4. The summed E-state index contributed by atoms with van der Waals surface area (Å²) in [5.74, 6) is 0.425. The number of Topliss-reactive ketones (excluding diaryl/α,β-unsaturated/α-hetero) is 1. The highest BCUT2D eigenvalue weighted by Crippen LogP contribution is 2.15. The highest BCUT2D eigenvalue weighted by atomic mass is 16.1. The van der Waals surface area contributed by atoms with Gasteiger partial charge in [-0.3, -0.25) is 4.79 Å². The number of hydrogen-bond acceptors (Lipinski definition) is 2. The molecule has 0 radical (unpaired) electrons. The number of carbonyl (C=O) groups excluding carboxylic acids is 1. The molecule has 0 spiro atoms. The molecule has 0 aliphatic heterocycles. The molecule has 1 aromatic heterocycles. The van der Waals surface area contributed by atoms with Crippen molar-refractivity contribution in [3.05, 3.63) is 85.6 Å². The Kier molecular flexibility index (Phi) is 5.91. The Morgan fingerprint density at radius 1 is 1.25 bits per heavy atom. The van der Waals surface area contributed by atoms with E-state index >= 15 is 0 Å². The van der Waals surface area contributed by atoms with Crippen molar-refractivity contribution >= 4 is 11.4 Å². The minimum absolute atomic E-state index is 0.194. The minimum atomic E-state index is -0.194. The summed E-state index contributed by atoms with van der Waals surface area (Å²) >= 11 is 0. The molecule has 1 heterocycles. The molecule has 0 aromatic carbocycles. The quantitative estimate of drug-likeness (QED) is 0.460. The summed E-state index contributed by atoms with van der Waals surface area (Å²) in [4.78, 5) is 19.5. The molecule has 0 unspecified atom stereocenters. The summed E-state index contributed by atoms with van der Waals surface area (Å²) in [6.45, 7) is 12.8. The SMILES string of the molecule is C=C/C=C(\C=C)C(=O)c1c[nH]c(C(/C=C\C)=C/C=C)n1. The zero-order chi connectivity index (χ0) is 15.0. The molecular formula is C17H18N2O. The van der Waals surface area contributed by atoms with Gasteiger partial charge in [-0.15, -0.1) is 0 Å². The third-order valence-corrected chi connectivity index (χ3v) is 2.51. The summed E-state index contributed by atoms with van der Waals surface area (Å²) < 4.78 is 0. The van der Waals surface area contributed by atoms with E-state index in [0.29, 0.717) is 17.1 Å². The molecule has 3 nitrogen and oxygen atoms in total. The van der Waals surface area contributed by atoms with Gasteiger partial charge in [0.05, 0.1) is 0 Å². The predicted molar refractivity (Wildman–Crippen MR) is 84.4 cm³/mol. The number of nitrogens with one attached hydrogen (secondary N) is 1. The van der Waals surface area contributed by atoms with E-state index in [9.17, 15) is 4.79 Å². The van der Waals surface area contributed by atoms with Crippen LogP contribution in [0.15, 0.2) is 74.0 Å². The third-order valence-electron chi connectivity index (χ3n) is 2.51. The number of nitrogens with zero attached hydrogens (tertiary/aromatic N) is 1. The van der Waals surface area contributed by atoms with Crippen molar-refractivity contribution in [2.45, 2.75) is 6.92 Å². The van der Waals surface area contributed by atoms with Crippen LogP contribution in [0.25, 0.3) is 5.57 Å². The van der Waals surface area contributed by atoms with Gasteiger partial charge in [-0.25, -0.2) is 4.98 Å². The van der Waals surface area contributed by atoms with Gasteiger partial charge in [0, 0.05) is 17.3 Å². The lowest BCUT2D eigenvalue weighted by Crippen LogP contribution is -2.02. The number of hydrogen-bond donors (Lipinski definition) is 1. The average molecular weight is 266 g/mol. The molecule has 1 aromatic rings. The van der Waals surface area contributed by atoms with Crippen molar-refractivity contribution in [1.82, 2.24) is 9.97 Å². The second kappa shape index (κ2) is 7.69.